The smallest absolute Gasteiger partial charge is 0.335 e. The summed E-state index contributed by atoms with van der Waals surface area (Å²) in [6.45, 7) is 9.18. The zero-order valence-corrected chi connectivity index (χ0v) is 26.0. The van der Waals surface area contributed by atoms with Crippen LogP contribution in [0.5, 0.6) is 11.1 Å². The number of carboxylic acid groups (broad SMARTS) is 1. The van der Waals surface area contributed by atoms with Crippen LogP contribution >= 0.6 is 11.3 Å². The zero-order valence-electron chi connectivity index (χ0n) is 25.1. The lowest BCUT2D eigenvalue weighted by atomic mass is 9.87. The van der Waals surface area contributed by atoms with E-state index in [4.69, 9.17) is 19.2 Å². The van der Waals surface area contributed by atoms with E-state index in [0.29, 0.717) is 63.7 Å². The highest BCUT2D eigenvalue weighted by atomic mass is 32.1. The summed E-state index contributed by atoms with van der Waals surface area (Å²) in [5, 5.41) is 18.4. The van der Waals surface area contributed by atoms with Crippen LogP contribution in [-0.2, 0) is 17.8 Å². The number of halogens is 2. The first-order valence-electron chi connectivity index (χ1n) is 14.4. The standard InChI is InChI=1S/C32H31F2N5O5S/c1-5-43-31-38-37-28(45-31)15-44-29-21(33)7-9-23(36-29)20-13-22(34)19(10-17(20)2)12-27-35-24-8-6-18(30(40)41)11-25(24)39(27)26-14-42-16-32(26,3)4/h6-11,13,26H,5,12,14-16H2,1-4H3,(H,40,41). The van der Waals surface area contributed by atoms with Gasteiger partial charge in [-0.2, -0.15) is 0 Å². The highest BCUT2D eigenvalue weighted by Crippen LogP contribution is 2.41. The Labute approximate surface area is 261 Å². The minimum Gasteiger partial charge on any atom is -0.478 e. The highest BCUT2D eigenvalue weighted by Gasteiger charge is 2.39. The molecule has 0 aliphatic carbocycles. The molecule has 1 unspecified atom stereocenters. The SMILES string of the molecule is CCOc1nnc(COc2nc(-c3cc(F)c(Cc4nc5ccc(C(=O)O)cc5n4C4COCC4(C)C)cc3C)ccc2F)s1. The fourth-order valence-corrected chi connectivity index (χ4v) is 6.19. The molecule has 4 heterocycles. The second kappa shape index (κ2) is 12.1. The number of carboxylic acids is 1. The van der Waals surface area contributed by atoms with E-state index in [1.807, 2.05) is 18.4 Å². The van der Waals surface area contributed by atoms with Crippen molar-refractivity contribution in [2.24, 2.45) is 5.41 Å². The van der Waals surface area contributed by atoms with Gasteiger partial charge in [-0.15, -0.1) is 5.10 Å². The third kappa shape index (κ3) is 6.09. The van der Waals surface area contributed by atoms with E-state index in [0.717, 1.165) is 5.56 Å². The number of ether oxygens (including phenoxy) is 3. The molecule has 45 heavy (non-hydrogen) atoms. The van der Waals surface area contributed by atoms with Gasteiger partial charge in [0.25, 0.3) is 11.1 Å². The molecule has 10 nitrogen and oxygen atoms in total. The Morgan fingerprint density at radius 1 is 1.11 bits per heavy atom. The molecule has 234 valence electrons. The molecule has 5 aromatic rings. The Balaban J connectivity index is 1.31. The number of aromatic carboxylic acids is 1. The number of hydrogen-bond acceptors (Lipinski definition) is 9. The van der Waals surface area contributed by atoms with Gasteiger partial charge in [-0.25, -0.2) is 23.5 Å². The third-order valence-electron chi connectivity index (χ3n) is 7.85. The Bertz CT molecular complexity index is 1910. The van der Waals surface area contributed by atoms with Gasteiger partial charge in [0.1, 0.15) is 18.2 Å². The van der Waals surface area contributed by atoms with E-state index < -0.39 is 17.6 Å². The number of aryl methyl sites for hydroxylation is 1. The lowest BCUT2D eigenvalue weighted by Crippen LogP contribution is -2.27. The Kier molecular flexibility index (Phi) is 8.23. The molecule has 1 fully saturated rings. The molecule has 0 amide bonds. The molecule has 13 heteroatoms. The molecule has 1 atom stereocenters. The van der Waals surface area contributed by atoms with Gasteiger partial charge in [-0.1, -0.05) is 36.3 Å². The fourth-order valence-electron chi connectivity index (χ4n) is 5.53. The summed E-state index contributed by atoms with van der Waals surface area (Å²) in [4.78, 5) is 20.9. The van der Waals surface area contributed by atoms with Crippen molar-refractivity contribution in [2.45, 2.75) is 46.8 Å². The van der Waals surface area contributed by atoms with Crippen molar-refractivity contribution in [2.75, 3.05) is 19.8 Å². The number of benzene rings is 2. The topological polar surface area (TPSA) is 121 Å². The minimum atomic E-state index is -1.04. The molecule has 1 saturated heterocycles. The number of aromatic nitrogens is 5. The Hall–Kier alpha value is -4.49. The highest BCUT2D eigenvalue weighted by molar-refractivity contribution is 7.13. The maximum atomic E-state index is 15.8. The largest absolute Gasteiger partial charge is 0.478 e. The van der Waals surface area contributed by atoms with E-state index in [2.05, 4.69) is 29.0 Å². The number of carbonyl (C=O) groups is 1. The molecular weight excluding hydrogens is 604 g/mol. The molecule has 1 N–H and O–H groups in total. The van der Waals surface area contributed by atoms with Crippen LogP contribution in [0, 0.1) is 24.0 Å². The molecule has 3 aromatic heterocycles. The van der Waals surface area contributed by atoms with Crippen molar-refractivity contribution >= 4 is 28.3 Å². The van der Waals surface area contributed by atoms with Crippen molar-refractivity contribution in [1.29, 1.82) is 0 Å². The lowest BCUT2D eigenvalue weighted by Gasteiger charge is -2.28. The van der Waals surface area contributed by atoms with Crippen LogP contribution < -0.4 is 9.47 Å². The Morgan fingerprint density at radius 3 is 2.67 bits per heavy atom. The molecular formula is C32H31F2N5O5S. The fraction of sp³-hybridized carbons (Fsp3) is 0.344. The van der Waals surface area contributed by atoms with Crippen LogP contribution in [0.1, 0.15) is 59.1 Å². The van der Waals surface area contributed by atoms with Crippen molar-refractivity contribution < 1.29 is 32.9 Å². The van der Waals surface area contributed by atoms with Gasteiger partial charge in [0.15, 0.2) is 10.8 Å². The van der Waals surface area contributed by atoms with Crippen LogP contribution in [0.15, 0.2) is 42.5 Å². The summed E-state index contributed by atoms with van der Waals surface area (Å²) in [5.74, 6) is -1.81. The molecule has 2 aromatic carbocycles. The molecule has 1 aliphatic rings. The van der Waals surface area contributed by atoms with Gasteiger partial charge in [-0.3, -0.25) is 0 Å². The number of fused-ring (bicyclic) bond motifs is 1. The summed E-state index contributed by atoms with van der Waals surface area (Å²) in [6, 6.07) is 10.5. The predicted molar refractivity (Wildman–Crippen MR) is 163 cm³/mol. The molecule has 0 bridgehead atoms. The van der Waals surface area contributed by atoms with Crippen LogP contribution in [0.2, 0.25) is 0 Å². The predicted octanol–water partition coefficient (Wildman–Crippen LogP) is 6.40. The minimum absolute atomic E-state index is 0.0534. The molecule has 0 saturated carbocycles. The van der Waals surface area contributed by atoms with Crippen LogP contribution in [-0.4, -0.2) is 55.6 Å². The third-order valence-corrected chi connectivity index (χ3v) is 8.66. The van der Waals surface area contributed by atoms with Crippen LogP contribution in [0.4, 0.5) is 8.78 Å². The normalized spacial score (nSPS) is 15.9. The van der Waals surface area contributed by atoms with E-state index in [1.165, 1.54) is 35.6 Å². The van der Waals surface area contributed by atoms with Gasteiger partial charge in [0.05, 0.1) is 48.2 Å². The molecule has 0 radical (unpaired) electrons. The van der Waals surface area contributed by atoms with Gasteiger partial charge in [0, 0.05) is 17.4 Å². The van der Waals surface area contributed by atoms with Crippen molar-refractivity contribution in [1.82, 2.24) is 24.7 Å². The summed E-state index contributed by atoms with van der Waals surface area (Å²) >= 11 is 1.19. The van der Waals surface area contributed by atoms with Crippen molar-refractivity contribution in [3.05, 3.63) is 81.6 Å². The first kappa shape index (κ1) is 30.5. The number of imidazole rings is 1. The Morgan fingerprint density at radius 2 is 1.93 bits per heavy atom. The first-order valence-corrected chi connectivity index (χ1v) is 15.2. The average molecular weight is 636 g/mol. The van der Waals surface area contributed by atoms with Gasteiger partial charge >= 0.3 is 5.97 Å². The second-order valence-corrected chi connectivity index (χ2v) is 12.6. The van der Waals surface area contributed by atoms with Gasteiger partial charge in [-0.05, 0) is 61.4 Å². The van der Waals surface area contributed by atoms with Crippen molar-refractivity contribution in [3.8, 4) is 22.3 Å². The number of hydrogen-bond donors (Lipinski definition) is 1. The number of pyridine rings is 1. The summed E-state index contributed by atoms with van der Waals surface area (Å²) in [6.07, 6.45) is 0.160. The van der Waals surface area contributed by atoms with E-state index in [9.17, 15) is 14.3 Å². The second-order valence-electron chi connectivity index (χ2n) is 11.5. The quantitative estimate of drug-likeness (QED) is 0.186. The first-order chi connectivity index (χ1) is 21.5. The van der Waals surface area contributed by atoms with Crippen LogP contribution in [0.25, 0.3) is 22.3 Å². The number of rotatable bonds is 10. The van der Waals surface area contributed by atoms with E-state index in [1.54, 1.807) is 18.2 Å². The summed E-state index contributed by atoms with van der Waals surface area (Å²) in [5.41, 5.74) is 3.14. The monoisotopic (exact) mass is 635 g/mol. The number of nitrogens with zero attached hydrogens (tertiary/aromatic N) is 5. The van der Waals surface area contributed by atoms with Crippen LogP contribution in [0.3, 0.4) is 0 Å². The van der Waals surface area contributed by atoms with Gasteiger partial charge in [0.2, 0.25) is 0 Å². The average Bonchev–Trinajstić information content (AvgIpc) is 3.70. The lowest BCUT2D eigenvalue weighted by molar-refractivity contribution is 0.0697. The maximum Gasteiger partial charge on any atom is 0.335 e. The summed E-state index contributed by atoms with van der Waals surface area (Å²) < 4.78 is 49.1. The molecule has 1 aliphatic heterocycles. The summed E-state index contributed by atoms with van der Waals surface area (Å²) in [7, 11) is 0. The van der Waals surface area contributed by atoms with E-state index >= 15 is 4.39 Å². The molecule has 0 spiro atoms. The molecule has 6 rings (SSSR count). The van der Waals surface area contributed by atoms with Crippen molar-refractivity contribution in [3.63, 3.8) is 0 Å². The maximum absolute atomic E-state index is 15.8. The van der Waals surface area contributed by atoms with Gasteiger partial charge < -0.3 is 23.9 Å². The zero-order chi connectivity index (χ0) is 31.9. The van der Waals surface area contributed by atoms with E-state index in [-0.39, 0.29) is 35.9 Å².